The molecule has 2 heterocycles. The fraction of sp³-hybridized carbons (Fsp3) is 0.200. The molecule has 2 aromatic heterocycles. The van der Waals surface area contributed by atoms with E-state index in [2.05, 4.69) is 37.0 Å². The third kappa shape index (κ3) is 2.20. The zero-order valence-electron chi connectivity index (χ0n) is 11.5. The third-order valence-corrected chi connectivity index (χ3v) is 4.04. The van der Waals surface area contributed by atoms with Crippen molar-refractivity contribution >= 4 is 22.3 Å². The van der Waals surface area contributed by atoms with Gasteiger partial charge in [0.05, 0.1) is 12.8 Å². The van der Waals surface area contributed by atoms with E-state index in [0.29, 0.717) is 4.88 Å². The Balaban J connectivity index is 2.05. The lowest BCUT2D eigenvalue weighted by Gasteiger charge is -2.01. The van der Waals surface area contributed by atoms with Gasteiger partial charge in [0.25, 0.3) is 0 Å². The Kier molecular flexibility index (Phi) is 3.06. The summed E-state index contributed by atoms with van der Waals surface area (Å²) < 4.78 is 6.58. The van der Waals surface area contributed by atoms with Crippen LogP contribution in [0.2, 0.25) is 0 Å². The molecule has 0 atom stereocenters. The van der Waals surface area contributed by atoms with Crippen molar-refractivity contribution in [2.75, 3.05) is 7.11 Å². The number of benzene rings is 1. The van der Waals surface area contributed by atoms with Gasteiger partial charge in [0.15, 0.2) is 4.96 Å². The molecular weight excluding hydrogens is 272 g/mol. The lowest BCUT2D eigenvalue weighted by Crippen LogP contribution is -1.97. The lowest BCUT2D eigenvalue weighted by atomic mass is 10.1. The molecular formula is C15H14N2O2S. The maximum Gasteiger partial charge on any atom is 0.349 e. The second-order valence-electron chi connectivity index (χ2n) is 4.78. The number of hydrogen-bond donors (Lipinski definition) is 0. The van der Waals surface area contributed by atoms with E-state index in [1.54, 1.807) is 6.20 Å². The van der Waals surface area contributed by atoms with Gasteiger partial charge in [-0.05, 0) is 26.0 Å². The highest BCUT2D eigenvalue weighted by atomic mass is 32.1. The van der Waals surface area contributed by atoms with Crippen molar-refractivity contribution in [3.05, 3.63) is 46.6 Å². The molecule has 3 aromatic rings. The Morgan fingerprint density at radius 3 is 2.50 bits per heavy atom. The van der Waals surface area contributed by atoms with Crippen molar-refractivity contribution in [3.63, 3.8) is 0 Å². The molecule has 0 aliphatic carbocycles. The predicted octanol–water partition coefficient (Wildman–Crippen LogP) is 3.47. The van der Waals surface area contributed by atoms with E-state index in [4.69, 9.17) is 4.74 Å². The monoisotopic (exact) mass is 286 g/mol. The van der Waals surface area contributed by atoms with Crippen molar-refractivity contribution in [1.82, 2.24) is 9.38 Å². The number of thiazole rings is 1. The van der Waals surface area contributed by atoms with E-state index in [9.17, 15) is 4.79 Å². The van der Waals surface area contributed by atoms with Crippen molar-refractivity contribution in [1.29, 1.82) is 0 Å². The molecule has 0 saturated carbocycles. The highest BCUT2D eigenvalue weighted by molar-refractivity contribution is 7.18. The molecule has 0 spiro atoms. The van der Waals surface area contributed by atoms with Gasteiger partial charge >= 0.3 is 5.97 Å². The summed E-state index contributed by atoms with van der Waals surface area (Å²) >= 11 is 1.33. The number of aryl methyl sites for hydroxylation is 2. The molecule has 3 rings (SSSR count). The molecule has 0 amide bonds. The minimum Gasteiger partial charge on any atom is -0.465 e. The molecule has 0 unspecified atom stereocenters. The number of ether oxygens (including phenoxy) is 1. The summed E-state index contributed by atoms with van der Waals surface area (Å²) in [6.07, 6.45) is 3.69. The molecule has 20 heavy (non-hydrogen) atoms. The van der Waals surface area contributed by atoms with Crippen molar-refractivity contribution < 1.29 is 9.53 Å². The van der Waals surface area contributed by atoms with Gasteiger partial charge in [-0.1, -0.05) is 28.5 Å². The van der Waals surface area contributed by atoms with Crippen LogP contribution in [0, 0.1) is 13.8 Å². The van der Waals surface area contributed by atoms with Crippen molar-refractivity contribution in [2.45, 2.75) is 13.8 Å². The molecule has 102 valence electrons. The zero-order chi connectivity index (χ0) is 14.3. The lowest BCUT2D eigenvalue weighted by molar-refractivity contribution is 0.0606. The summed E-state index contributed by atoms with van der Waals surface area (Å²) in [7, 11) is 1.38. The van der Waals surface area contributed by atoms with Gasteiger partial charge in [-0.3, -0.25) is 4.40 Å². The normalized spacial score (nSPS) is 10.9. The second-order valence-corrected chi connectivity index (χ2v) is 5.79. The Morgan fingerprint density at radius 2 is 1.90 bits per heavy atom. The van der Waals surface area contributed by atoms with Gasteiger partial charge < -0.3 is 4.74 Å². The Hall–Kier alpha value is -2.14. The summed E-state index contributed by atoms with van der Waals surface area (Å²) in [5, 5.41) is 0. The number of aromatic nitrogens is 2. The van der Waals surface area contributed by atoms with Crippen molar-refractivity contribution in [2.24, 2.45) is 0 Å². The van der Waals surface area contributed by atoms with Gasteiger partial charge in [0.2, 0.25) is 0 Å². The number of fused-ring (bicyclic) bond motifs is 1. The van der Waals surface area contributed by atoms with E-state index >= 15 is 0 Å². The molecule has 1 aromatic carbocycles. The molecule has 0 fully saturated rings. The largest absolute Gasteiger partial charge is 0.465 e. The average Bonchev–Trinajstić information content (AvgIpc) is 2.94. The summed E-state index contributed by atoms with van der Waals surface area (Å²) in [6.45, 7) is 4.15. The minimum absolute atomic E-state index is 0.326. The Morgan fingerprint density at radius 1 is 1.20 bits per heavy atom. The predicted molar refractivity (Wildman–Crippen MR) is 79.3 cm³/mol. The SMILES string of the molecule is COC(=O)c1cn2cc(-c3cc(C)cc(C)c3)nc2s1. The smallest absolute Gasteiger partial charge is 0.349 e. The quantitative estimate of drug-likeness (QED) is 0.678. The van der Waals surface area contributed by atoms with Crippen LogP contribution < -0.4 is 0 Å². The van der Waals surface area contributed by atoms with Gasteiger partial charge in [0.1, 0.15) is 4.88 Å². The number of methoxy groups -OCH3 is 1. The van der Waals surface area contributed by atoms with Crippen molar-refractivity contribution in [3.8, 4) is 11.3 Å². The van der Waals surface area contributed by atoms with Gasteiger partial charge in [0, 0.05) is 18.0 Å². The first-order valence-electron chi connectivity index (χ1n) is 6.22. The molecule has 0 saturated heterocycles. The molecule has 0 aliphatic rings. The van der Waals surface area contributed by atoms with Gasteiger partial charge in [-0.2, -0.15) is 0 Å². The Bertz CT molecular complexity index is 750. The third-order valence-electron chi connectivity index (χ3n) is 3.06. The van der Waals surface area contributed by atoms with Crippen LogP contribution in [0.25, 0.3) is 16.2 Å². The van der Waals surface area contributed by atoms with E-state index < -0.39 is 0 Å². The van der Waals surface area contributed by atoms with E-state index in [0.717, 1.165) is 16.2 Å². The molecule has 0 bridgehead atoms. The van der Waals surface area contributed by atoms with Crippen LogP contribution in [0.1, 0.15) is 20.8 Å². The molecule has 5 heteroatoms. The number of rotatable bonds is 2. The van der Waals surface area contributed by atoms with Crippen LogP contribution in [0.4, 0.5) is 0 Å². The topological polar surface area (TPSA) is 43.6 Å². The van der Waals surface area contributed by atoms with E-state index in [1.165, 1.54) is 29.6 Å². The van der Waals surface area contributed by atoms with Crippen LogP contribution in [-0.4, -0.2) is 22.5 Å². The average molecular weight is 286 g/mol. The van der Waals surface area contributed by atoms with Crippen LogP contribution >= 0.6 is 11.3 Å². The summed E-state index contributed by atoms with van der Waals surface area (Å²) in [5.41, 5.74) is 4.44. The number of carbonyl (C=O) groups is 1. The second kappa shape index (κ2) is 4.76. The number of carbonyl (C=O) groups excluding carboxylic acids is 1. The fourth-order valence-corrected chi connectivity index (χ4v) is 3.14. The Labute approximate surface area is 120 Å². The highest BCUT2D eigenvalue weighted by Gasteiger charge is 2.13. The molecule has 0 aliphatic heterocycles. The van der Waals surface area contributed by atoms with Gasteiger partial charge in [-0.15, -0.1) is 0 Å². The molecule has 0 N–H and O–H groups in total. The van der Waals surface area contributed by atoms with Crippen LogP contribution in [0.15, 0.2) is 30.6 Å². The number of esters is 1. The minimum atomic E-state index is -0.326. The van der Waals surface area contributed by atoms with Crippen LogP contribution in [0.3, 0.4) is 0 Å². The molecule has 0 radical (unpaired) electrons. The maximum absolute atomic E-state index is 11.5. The van der Waals surface area contributed by atoms with Gasteiger partial charge in [-0.25, -0.2) is 9.78 Å². The number of nitrogens with zero attached hydrogens (tertiary/aromatic N) is 2. The van der Waals surface area contributed by atoms with Crippen LogP contribution in [-0.2, 0) is 4.74 Å². The number of imidazole rings is 1. The maximum atomic E-state index is 11.5. The standard InChI is InChI=1S/C15H14N2O2S/c1-9-4-10(2)6-11(5-9)12-7-17-8-13(14(18)19-3)20-15(17)16-12/h4-8H,1-3H3. The zero-order valence-corrected chi connectivity index (χ0v) is 12.3. The van der Waals surface area contributed by atoms with E-state index in [1.807, 2.05) is 10.6 Å². The first kappa shape index (κ1) is 12.9. The van der Waals surface area contributed by atoms with Crippen LogP contribution in [0.5, 0.6) is 0 Å². The molecule has 4 nitrogen and oxygen atoms in total. The number of hydrogen-bond acceptors (Lipinski definition) is 4. The highest BCUT2D eigenvalue weighted by Crippen LogP contribution is 2.25. The summed E-state index contributed by atoms with van der Waals surface area (Å²) in [5.74, 6) is -0.326. The summed E-state index contributed by atoms with van der Waals surface area (Å²) in [4.78, 5) is 17.4. The van der Waals surface area contributed by atoms with E-state index in [-0.39, 0.29) is 5.97 Å². The summed E-state index contributed by atoms with van der Waals surface area (Å²) in [6, 6.07) is 6.36. The first-order valence-corrected chi connectivity index (χ1v) is 7.04. The first-order chi connectivity index (χ1) is 9.56. The fourth-order valence-electron chi connectivity index (χ4n) is 2.25.